The van der Waals surface area contributed by atoms with Gasteiger partial charge in [-0.15, -0.1) is 5.10 Å². The molecule has 116 valence electrons. The largest absolute Gasteiger partial charge is 0.369 e. The topological polar surface area (TPSA) is 89.9 Å². The molecule has 1 aliphatic rings. The van der Waals surface area contributed by atoms with E-state index in [1.54, 1.807) is 4.68 Å². The molecule has 0 spiro atoms. The molecule has 1 aliphatic heterocycles. The molecule has 0 saturated carbocycles. The van der Waals surface area contributed by atoms with Crippen molar-refractivity contribution in [3.8, 4) is 5.69 Å². The molecule has 3 rings (SSSR count). The smallest absolute Gasteiger partial charge is 0.221 e. The lowest BCUT2D eigenvalue weighted by Gasteiger charge is -2.16. The van der Waals surface area contributed by atoms with Crippen LogP contribution in [-0.2, 0) is 11.3 Å². The molecule has 0 bridgehead atoms. The third-order valence-corrected chi connectivity index (χ3v) is 4.23. The second kappa shape index (κ2) is 5.84. The number of aromatic nitrogens is 4. The molecule has 1 amide bonds. The van der Waals surface area contributed by atoms with Crippen LogP contribution in [0.1, 0.15) is 23.4 Å². The molecule has 7 nitrogen and oxygen atoms in total. The summed E-state index contributed by atoms with van der Waals surface area (Å²) < 4.78 is 1.79. The number of nitrogens with two attached hydrogens (primary N) is 1. The van der Waals surface area contributed by atoms with E-state index in [1.165, 1.54) is 0 Å². The van der Waals surface area contributed by atoms with Gasteiger partial charge in [0.25, 0.3) is 0 Å². The highest BCUT2D eigenvalue weighted by Gasteiger charge is 2.28. The van der Waals surface area contributed by atoms with Crippen molar-refractivity contribution >= 4 is 5.91 Å². The highest BCUT2D eigenvalue weighted by molar-refractivity contribution is 5.77. The zero-order valence-corrected chi connectivity index (χ0v) is 12.9. The Balaban J connectivity index is 1.83. The molecule has 0 radical (unpaired) electrons. The molecule has 22 heavy (non-hydrogen) atoms. The van der Waals surface area contributed by atoms with Gasteiger partial charge < -0.3 is 5.73 Å². The number of para-hydroxylation sites is 1. The van der Waals surface area contributed by atoms with Crippen molar-refractivity contribution in [3.05, 3.63) is 35.2 Å². The number of carbonyl (C=O) groups excluding carboxylic acids is 1. The van der Waals surface area contributed by atoms with Crippen molar-refractivity contribution in [1.29, 1.82) is 0 Å². The van der Waals surface area contributed by atoms with Crippen LogP contribution in [0.15, 0.2) is 18.2 Å². The molecule has 1 fully saturated rings. The fourth-order valence-corrected chi connectivity index (χ4v) is 3.03. The highest BCUT2D eigenvalue weighted by atomic mass is 16.1. The lowest BCUT2D eigenvalue weighted by atomic mass is 10.1. The number of carbonyl (C=O) groups is 1. The maximum atomic E-state index is 11.3. The third-order valence-electron chi connectivity index (χ3n) is 4.23. The Kier molecular flexibility index (Phi) is 3.89. The number of nitrogens with zero attached hydrogens (tertiary/aromatic N) is 5. The molecule has 1 atom stereocenters. The second-order valence-corrected chi connectivity index (χ2v) is 5.87. The Hall–Kier alpha value is -2.28. The molecular weight excluding hydrogens is 280 g/mol. The number of tetrazole rings is 1. The summed E-state index contributed by atoms with van der Waals surface area (Å²) in [4.78, 5) is 13.4. The van der Waals surface area contributed by atoms with Gasteiger partial charge in [0, 0.05) is 6.54 Å². The van der Waals surface area contributed by atoms with Crippen molar-refractivity contribution in [2.75, 3.05) is 13.1 Å². The molecule has 2 N–H and O–H groups in total. The minimum Gasteiger partial charge on any atom is -0.369 e. The van der Waals surface area contributed by atoms with Crippen LogP contribution in [0, 0.1) is 19.8 Å². The zero-order chi connectivity index (χ0) is 15.7. The van der Waals surface area contributed by atoms with Crippen molar-refractivity contribution in [1.82, 2.24) is 25.1 Å². The van der Waals surface area contributed by atoms with Gasteiger partial charge >= 0.3 is 0 Å². The molecule has 1 aromatic carbocycles. The Morgan fingerprint density at radius 2 is 2.09 bits per heavy atom. The standard InChI is InChI=1S/C15H20N6O/c1-10-4-3-5-11(2)14(10)21-13(17-18-19-21)9-20-7-6-12(8-20)15(16)22/h3-5,12H,6-9H2,1-2H3,(H2,16,22). The first-order chi connectivity index (χ1) is 10.6. The van der Waals surface area contributed by atoms with Crippen LogP contribution in [0.2, 0.25) is 0 Å². The van der Waals surface area contributed by atoms with E-state index in [9.17, 15) is 4.79 Å². The summed E-state index contributed by atoms with van der Waals surface area (Å²) in [5.41, 5.74) is 8.66. The number of likely N-dealkylation sites (tertiary alicyclic amines) is 1. The SMILES string of the molecule is Cc1cccc(C)c1-n1nnnc1CN1CCC(C(N)=O)C1. The summed E-state index contributed by atoms with van der Waals surface area (Å²) >= 11 is 0. The van der Waals surface area contributed by atoms with Crippen molar-refractivity contribution < 1.29 is 4.79 Å². The van der Waals surface area contributed by atoms with E-state index in [1.807, 2.05) is 32.0 Å². The quantitative estimate of drug-likeness (QED) is 0.892. The van der Waals surface area contributed by atoms with Crippen molar-refractivity contribution in [2.24, 2.45) is 11.7 Å². The van der Waals surface area contributed by atoms with Crippen LogP contribution in [0.4, 0.5) is 0 Å². The van der Waals surface area contributed by atoms with E-state index >= 15 is 0 Å². The first kappa shape index (κ1) is 14.6. The van der Waals surface area contributed by atoms with E-state index < -0.39 is 0 Å². The first-order valence-corrected chi connectivity index (χ1v) is 7.42. The van der Waals surface area contributed by atoms with Gasteiger partial charge in [-0.25, -0.2) is 0 Å². The average Bonchev–Trinajstić information content (AvgIpc) is 3.09. The maximum Gasteiger partial charge on any atom is 0.221 e. The second-order valence-electron chi connectivity index (χ2n) is 5.87. The van der Waals surface area contributed by atoms with Crippen LogP contribution in [0.3, 0.4) is 0 Å². The average molecular weight is 300 g/mol. The summed E-state index contributed by atoms with van der Waals surface area (Å²) in [6.45, 7) is 6.23. The predicted octanol–water partition coefficient (Wildman–Crippen LogP) is 0.586. The van der Waals surface area contributed by atoms with Gasteiger partial charge in [-0.2, -0.15) is 4.68 Å². The number of primary amides is 1. The zero-order valence-electron chi connectivity index (χ0n) is 12.9. The Labute approximate surface area is 129 Å². The summed E-state index contributed by atoms with van der Waals surface area (Å²) in [6.07, 6.45) is 0.806. The fraction of sp³-hybridized carbons (Fsp3) is 0.467. The van der Waals surface area contributed by atoms with E-state index in [2.05, 4.69) is 20.4 Å². The molecule has 2 heterocycles. The third kappa shape index (κ3) is 2.71. The van der Waals surface area contributed by atoms with E-state index in [4.69, 9.17) is 5.73 Å². The van der Waals surface area contributed by atoms with E-state index in [0.717, 1.165) is 35.6 Å². The molecule has 2 aromatic rings. The van der Waals surface area contributed by atoms with Crippen molar-refractivity contribution in [3.63, 3.8) is 0 Å². The normalized spacial score (nSPS) is 18.7. The van der Waals surface area contributed by atoms with Gasteiger partial charge in [0.1, 0.15) is 0 Å². The Bertz CT molecular complexity index is 675. The van der Waals surface area contributed by atoms with Crippen molar-refractivity contribution in [2.45, 2.75) is 26.8 Å². The lowest BCUT2D eigenvalue weighted by Crippen LogP contribution is -2.28. The number of benzene rings is 1. The van der Waals surface area contributed by atoms with Crippen LogP contribution >= 0.6 is 0 Å². The summed E-state index contributed by atoms with van der Waals surface area (Å²) in [5.74, 6) is 0.490. The number of hydrogen-bond acceptors (Lipinski definition) is 5. The number of amides is 1. The van der Waals surface area contributed by atoms with Crippen LogP contribution in [0.5, 0.6) is 0 Å². The van der Waals surface area contributed by atoms with Gasteiger partial charge in [-0.1, -0.05) is 18.2 Å². The maximum absolute atomic E-state index is 11.3. The van der Waals surface area contributed by atoms with Gasteiger partial charge in [0.2, 0.25) is 5.91 Å². The molecule has 0 aliphatic carbocycles. The highest BCUT2D eigenvalue weighted by Crippen LogP contribution is 2.21. The Morgan fingerprint density at radius 1 is 1.36 bits per heavy atom. The summed E-state index contributed by atoms with van der Waals surface area (Å²) in [7, 11) is 0. The predicted molar refractivity (Wildman–Crippen MR) is 81.2 cm³/mol. The molecular formula is C15H20N6O. The van der Waals surface area contributed by atoms with Crippen LogP contribution in [-0.4, -0.2) is 44.1 Å². The van der Waals surface area contributed by atoms with Gasteiger partial charge in [0.05, 0.1) is 18.2 Å². The lowest BCUT2D eigenvalue weighted by molar-refractivity contribution is -0.121. The van der Waals surface area contributed by atoms with E-state index in [-0.39, 0.29) is 11.8 Å². The summed E-state index contributed by atoms with van der Waals surface area (Å²) in [6, 6.07) is 6.12. The molecule has 7 heteroatoms. The monoisotopic (exact) mass is 300 g/mol. The van der Waals surface area contributed by atoms with Crippen LogP contribution < -0.4 is 5.73 Å². The summed E-state index contributed by atoms with van der Waals surface area (Å²) in [5, 5.41) is 12.1. The molecule has 1 aromatic heterocycles. The van der Waals surface area contributed by atoms with Gasteiger partial charge in [-0.3, -0.25) is 9.69 Å². The number of hydrogen-bond donors (Lipinski definition) is 1. The number of aryl methyl sites for hydroxylation is 2. The first-order valence-electron chi connectivity index (χ1n) is 7.42. The Morgan fingerprint density at radius 3 is 2.73 bits per heavy atom. The van der Waals surface area contributed by atoms with Crippen LogP contribution in [0.25, 0.3) is 5.69 Å². The fourth-order valence-electron chi connectivity index (χ4n) is 3.03. The molecule has 1 unspecified atom stereocenters. The minimum absolute atomic E-state index is 0.0653. The minimum atomic E-state index is -0.225. The van der Waals surface area contributed by atoms with E-state index in [0.29, 0.717) is 13.1 Å². The number of rotatable bonds is 4. The van der Waals surface area contributed by atoms with Gasteiger partial charge in [0.15, 0.2) is 5.82 Å². The molecule has 1 saturated heterocycles. The van der Waals surface area contributed by atoms with Gasteiger partial charge in [-0.05, 0) is 48.4 Å².